The van der Waals surface area contributed by atoms with Crippen LogP contribution in [0.1, 0.15) is 86.9 Å². The van der Waals surface area contributed by atoms with Crippen molar-refractivity contribution >= 4 is 70.8 Å². The zero-order valence-corrected chi connectivity index (χ0v) is 28.8. The van der Waals surface area contributed by atoms with E-state index >= 15 is 0 Å². The van der Waals surface area contributed by atoms with Gasteiger partial charge in [-0.1, -0.05) is 66.2 Å². The zero-order valence-electron chi connectivity index (χ0n) is 21.3. The molecule has 190 valence electrons. The van der Waals surface area contributed by atoms with Crippen LogP contribution in [-0.4, -0.2) is 67.3 Å². The molecular weight excluding hydrogens is 597 g/mol. The average Bonchev–Trinajstić information content (AvgIpc) is 2.65. The topological polar surface area (TPSA) is 107 Å². The fourth-order valence-corrected chi connectivity index (χ4v) is 3.48. The summed E-state index contributed by atoms with van der Waals surface area (Å²) in [5.74, 6) is -1.61. The number of hydrogen-bond acceptors (Lipinski definition) is 6. The van der Waals surface area contributed by atoms with Gasteiger partial charge in [-0.3, -0.25) is 14.1 Å². The Balaban J connectivity index is -0.000000364. The van der Waals surface area contributed by atoms with Crippen LogP contribution < -0.4 is 29.6 Å². The molecule has 12 heteroatoms. The van der Waals surface area contributed by atoms with E-state index in [1.165, 1.54) is 0 Å². The normalized spacial score (nSPS) is 13.0. The molecule has 0 saturated carbocycles. The van der Waals surface area contributed by atoms with Crippen LogP contribution >= 0.6 is 24.8 Å². The number of rotatable bonds is 16. The maximum absolute atomic E-state index is 12.2. The van der Waals surface area contributed by atoms with Crippen molar-refractivity contribution in [2.45, 2.75) is 90.7 Å². The summed E-state index contributed by atoms with van der Waals surface area (Å²) in [5, 5.41) is -1.95. The van der Waals surface area contributed by atoms with Crippen LogP contribution in [0.15, 0.2) is 0 Å². The van der Waals surface area contributed by atoms with Gasteiger partial charge in [-0.05, 0) is 24.7 Å². The first-order valence-electron chi connectivity index (χ1n) is 10.5. The molecule has 1 N–H and O–H groups in total. The van der Waals surface area contributed by atoms with Crippen LogP contribution in [0.25, 0.3) is 0 Å². The molecule has 0 rings (SSSR count). The predicted octanol–water partition coefficient (Wildman–Crippen LogP) is 1.20. The SMILES string of the molecule is CCCCC(CC)COC(=O)CC(C(=O)OCC(CC)CCCC)S(=O)(=O)O.Cl.Cl.[H-].[Na+].[SnH2]. The molecule has 0 bridgehead atoms. The Hall–Kier alpha value is 1.23. The quantitative estimate of drug-likeness (QED) is 0.154. The van der Waals surface area contributed by atoms with Gasteiger partial charge in [-0.15, -0.1) is 24.8 Å². The Morgan fingerprint density at radius 2 is 1.28 bits per heavy atom. The molecule has 2 radical (unpaired) electrons. The van der Waals surface area contributed by atoms with Crippen molar-refractivity contribution in [3.8, 4) is 0 Å². The summed E-state index contributed by atoms with van der Waals surface area (Å²) in [5.41, 5.74) is 0. The van der Waals surface area contributed by atoms with Crippen LogP contribution in [0.2, 0.25) is 0 Å². The molecule has 32 heavy (non-hydrogen) atoms. The fourth-order valence-electron chi connectivity index (χ4n) is 2.82. The molecule has 3 unspecified atom stereocenters. The van der Waals surface area contributed by atoms with Gasteiger partial charge in [-0.2, -0.15) is 8.42 Å². The fraction of sp³-hybridized carbons (Fsp3) is 0.900. The van der Waals surface area contributed by atoms with Gasteiger partial charge >= 0.3 is 65.4 Å². The molecule has 0 spiro atoms. The van der Waals surface area contributed by atoms with Gasteiger partial charge in [0.15, 0.2) is 5.25 Å². The number of esters is 2. The molecule has 3 atom stereocenters. The first-order chi connectivity index (χ1) is 13.2. The van der Waals surface area contributed by atoms with Crippen LogP contribution in [0.3, 0.4) is 0 Å². The second-order valence-electron chi connectivity index (χ2n) is 7.35. The Labute approximate surface area is 247 Å². The van der Waals surface area contributed by atoms with Crippen molar-refractivity contribution < 1.29 is 63.0 Å². The van der Waals surface area contributed by atoms with Crippen molar-refractivity contribution in [3.05, 3.63) is 0 Å². The van der Waals surface area contributed by atoms with E-state index in [0.29, 0.717) is 0 Å². The third kappa shape index (κ3) is 20.6. The Kier molecular flexibility index (Phi) is 34.3. The first-order valence-corrected chi connectivity index (χ1v) is 12.0. The van der Waals surface area contributed by atoms with Crippen LogP contribution in [0.4, 0.5) is 0 Å². The molecular formula is C20H43Cl2NaO7SSn. The van der Waals surface area contributed by atoms with E-state index in [-0.39, 0.29) is 105 Å². The molecule has 0 saturated heterocycles. The number of unbranched alkanes of at least 4 members (excludes halogenated alkanes) is 2. The molecule has 0 heterocycles. The number of hydrogen-bond donors (Lipinski definition) is 1. The molecule has 0 aromatic rings. The van der Waals surface area contributed by atoms with Crippen LogP contribution in [0.5, 0.6) is 0 Å². The van der Waals surface area contributed by atoms with Gasteiger partial charge in [0, 0.05) is 0 Å². The minimum absolute atomic E-state index is 0. The van der Waals surface area contributed by atoms with E-state index in [1.807, 2.05) is 13.8 Å². The maximum atomic E-state index is 12.2. The Morgan fingerprint density at radius 1 is 0.875 bits per heavy atom. The van der Waals surface area contributed by atoms with Crippen molar-refractivity contribution in [3.63, 3.8) is 0 Å². The van der Waals surface area contributed by atoms with Gasteiger partial charge in [-0.25, -0.2) is 0 Å². The number of halogens is 2. The Morgan fingerprint density at radius 3 is 1.62 bits per heavy atom. The molecule has 0 aromatic carbocycles. The molecule has 7 nitrogen and oxygen atoms in total. The third-order valence-electron chi connectivity index (χ3n) is 5.00. The number of carbonyl (C=O) groups excluding carboxylic acids is 2. The molecule has 0 aliphatic heterocycles. The summed E-state index contributed by atoms with van der Waals surface area (Å²) in [6.07, 6.45) is 6.74. The van der Waals surface area contributed by atoms with E-state index in [1.54, 1.807) is 0 Å². The predicted molar refractivity (Wildman–Crippen MR) is 133 cm³/mol. The van der Waals surface area contributed by atoms with Crippen LogP contribution in [0, 0.1) is 11.8 Å². The second kappa shape index (κ2) is 25.3. The molecule has 0 aliphatic rings. The average molecular weight is 640 g/mol. The molecule has 0 fully saturated rings. The standard InChI is InChI=1S/C20H38O7S.2ClH.Na.Sn.3H/c1-5-9-11-16(7-3)14-26-19(21)13-18(28(23,24)25)20(22)27-15-17(8-4)12-10-6-2;;;;;;;/h16-18H,5-15H2,1-4H3,(H,23,24,25);2*1H;;;;;/q;;;+1;;;;-1. The second-order valence-corrected chi connectivity index (χ2v) is 8.95. The van der Waals surface area contributed by atoms with Gasteiger partial charge in [0.1, 0.15) is 0 Å². The number of carbonyl (C=O) groups is 2. The Bertz CT molecular complexity index is 575. The summed E-state index contributed by atoms with van der Waals surface area (Å²) >= 11 is 0. The van der Waals surface area contributed by atoms with Crippen molar-refractivity contribution in [2.24, 2.45) is 11.8 Å². The van der Waals surface area contributed by atoms with Gasteiger partial charge in [0.05, 0.1) is 19.6 Å². The van der Waals surface area contributed by atoms with E-state index in [4.69, 9.17) is 9.47 Å². The monoisotopic (exact) mass is 640 g/mol. The van der Waals surface area contributed by atoms with Gasteiger partial charge in [0.2, 0.25) is 0 Å². The van der Waals surface area contributed by atoms with E-state index < -0.39 is 33.7 Å². The summed E-state index contributed by atoms with van der Waals surface area (Å²) < 4.78 is 42.8. The zero-order chi connectivity index (χ0) is 21.6. The van der Waals surface area contributed by atoms with E-state index in [9.17, 15) is 22.6 Å². The van der Waals surface area contributed by atoms with E-state index in [0.717, 1.165) is 51.4 Å². The van der Waals surface area contributed by atoms with Crippen LogP contribution in [-0.2, 0) is 29.2 Å². The summed E-state index contributed by atoms with van der Waals surface area (Å²) in [4.78, 5) is 24.2. The van der Waals surface area contributed by atoms with Crippen molar-refractivity contribution in [1.82, 2.24) is 0 Å². The summed E-state index contributed by atoms with van der Waals surface area (Å²) in [6.45, 7) is 8.35. The first kappa shape index (κ1) is 43.3. The van der Waals surface area contributed by atoms with Gasteiger partial charge in [0.25, 0.3) is 10.1 Å². The third-order valence-corrected chi connectivity index (χ3v) is 6.08. The van der Waals surface area contributed by atoms with Crippen molar-refractivity contribution in [2.75, 3.05) is 13.2 Å². The van der Waals surface area contributed by atoms with E-state index in [2.05, 4.69) is 13.8 Å². The van der Waals surface area contributed by atoms with Gasteiger partial charge < -0.3 is 10.9 Å². The number of ether oxygens (including phenoxy) is 2. The molecule has 0 aliphatic carbocycles. The molecule has 0 amide bonds. The summed E-state index contributed by atoms with van der Waals surface area (Å²) in [7, 11) is -4.76. The molecule has 0 aromatic heterocycles. The van der Waals surface area contributed by atoms with Crippen molar-refractivity contribution in [1.29, 1.82) is 0 Å². The summed E-state index contributed by atoms with van der Waals surface area (Å²) in [6, 6.07) is 0. The minimum atomic E-state index is -4.76.